The summed E-state index contributed by atoms with van der Waals surface area (Å²) in [5, 5.41) is 8.74. The molecule has 1 atom stereocenters. The van der Waals surface area contributed by atoms with Crippen LogP contribution in [0.5, 0.6) is 5.75 Å². The third kappa shape index (κ3) is 7.04. The highest BCUT2D eigenvalue weighted by Crippen LogP contribution is 2.37. The van der Waals surface area contributed by atoms with E-state index in [1.54, 1.807) is 16.4 Å². The molecule has 208 valence electrons. The molecule has 8 heteroatoms. The Morgan fingerprint density at radius 3 is 2.41 bits per heavy atom. The number of ether oxygens (including phenoxy) is 2. The number of rotatable bonds is 10. The Kier molecular flexibility index (Phi) is 9.05. The fourth-order valence-corrected chi connectivity index (χ4v) is 5.28. The number of carbonyl (C=O) groups is 1. The quantitative estimate of drug-likeness (QED) is 0.162. The first kappa shape index (κ1) is 28.7. The highest BCUT2D eigenvalue weighted by Gasteiger charge is 2.35. The molecule has 1 aliphatic rings. The largest absolute Gasteiger partial charge is 0.489 e. The Hall–Kier alpha value is -3.26. The molecule has 2 aromatic carbocycles. The van der Waals surface area contributed by atoms with E-state index < -0.39 is 6.04 Å². The molecule has 0 fully saturated rings. The zero-order valence-electron chi connectivity index (χ0n) is 24.1. The molecular formula is C31H40N4O3S. The Balaban J connectivity index is 1.57. The lowest BCUT2D eigenvalue weighted by molar-refractivity contribution is -0.143. The van der Waals surface area contributed by atoms with Gasteiger partial charge in [0.2, 0.25) is 11.1 Å². The van der Waals surface area contributed by atoms with Gasteiger partial charge in [-0.25, -0.2) is 9.48 Å². The molecule has 1 aromatic heterocycles. The summed E-state index contributed by atoms with van der Waals surface area (Å²) in [5.41, 5.74) is 4.68. The zero-order chi connectivity index (χ0) is 28.2. The van der Waals surface area contributed by atoms with Crippen LogP contribution in [0.25, 0.3) is 0 Å². The predicted octanol–water partition coefficient (Wildman–Crippen LogP) is 7.29. The summed E-state index contributed by atoms with van der Waals surface area (Å²) in [5.74, 6) is 1.97. The number of unbranched alkanes of at least 4 members (excludes halogenated alkanes) is 1. The van der Waals surface area contributed by atoms with Crippen molar-refractivity contribution in [1.82, 2.24) is 14.8 Å². The van der Waals surface area contributed by atoms with Gasteiger partial charge in [0.15, 0.2) is 0 Å². The van der Waals surface area contributed by atoms with E-state index in [0.29, 0.717) is 23.3 Å². The standard InChI is InChI=1S/C31H40N4O3S/c1-8-9-18-39-30-33-29-32-21(4)26(28(36)38-20(2)3)27(35(29)34-30)23-12-16-25(17-13-23)37-19-22-10-14-24(15-11-22)31(5,6)7/h10-17,20,27H,8-9,18-19H2,1-7H3,(H,32,33,34). The predicted molar refractivity (Wildman–Crippen MR) is 157 cm³/mol. The minimum Gasteiger partial charge on any atom is -0.489 e. The average molecular weight is 549 g/mol. The number of carbonyl (C=O) groups excluding carboxylic acids is 1. The van der Waals surface area contributed by atoms with Crippen LogP contribution >= 0.6 is 11.8 Å². The van der Waals surface area contributed by atoms with E-state index in [9.17, 15) is 4.79 Å². The van der Waals surface area contributed by atoms with Gasteiger partial charge in [-0.2, -0.15) is 4.98 Å². The lowest BCUT2D eigenvalue weighted by Crippen LogP contribution is -2.30. The third-order valence-corrected chi connectivity index (χ3v) is 7.47. The molecule has 0 spiro atoms. The molecule has 39 heavy (non-hydrogen) atoms. The molecule has 4 rings (SSSR count). The van der Waals surface area contributed by atoms with E-state index >= 15 is 0 Å². The molecule has 1 unspecified atom stereocenters. The lowest BCUT2D eigenvalue weighted by atomic mass is 9.87. The fraction of sp³-hybridized carbons (Fsp3) is 0.452. The normalized spacial score (nSPS) is 15.2. The van der Waals surface area contributed by atoms with Crippen LogP contribution < -0.4 is 10.1 Å². The number of thioether (sulfide) groups is 1. The summed E-state index contributed by atoms with van der Waals surface area (Å²) in [6.45, 7) is 14.9. The van der Waals surface area contributed by atoms with Crippen molar-refractivity contribution in [3.8, 4) is 5.75 Å². The van der Waals surface area contributed by atoms with E-state index in [-0.39, 0.29) is 17.5 Å². The molecule has 0 saturated heterocycles. The maximum Gasteiger partial charge on any atom is 0.338 e. The molecular weight excluding hydrogens is 508 g/mol. The van der Waals surface area contributed by atoms with Crippen molar-refractivity contribution >= 4 is 23.7 Å². The van der Waals surface area contributed by atoms with E-state index in [4.69, 9.17) is 19.6 Å². The van der Waals surface area contributed by atoms with Crippen molar-refractivity contribution < 1.29 is 14.3 Å². The third-order valence-electron chi connectivity index (χ3n) is 6.55. The van der Waals surface area contributed by atoms with Crippen molar-refractivity contribution in [1.29, 1.82) is 0 Å². The van der Waals surface area contributed by atoms with Crippen LogP contribution in [0.3, 0.4) is 0 Å². The Bertz CT molecular complexity index is 1310. The molecule has 7 nitrogen and oxygen atoms in total. The van der Waals surface area contributed by atoms with Gasteiger partial charge in [-0.1, -0.05) is 82.3 Å². The number of nitrogens with one attached hydrogen (secondary N) is 1. The first-order valence-corrected chi connectivity index (χ1v) is 14.7. The first-order valence-electron chi connectivity index (χ1n) is 13.7. The molecule has 2 heterocycles. The van der Waals surface area contributed by atoms with Crippen molar-refractivity contribution in [2.24, 2.45) is 0 Å². The van der Waals surface area contributed by atoms with Crippen LogP contribution in [0.4, 0.5) is 5.95 Å². The number of allylic oxidation sites excluding steroid dienone is 1. The average Bonchev–Trinajstić information content (AvgIpc) is 3.28. The monoisotopic (exact) mass is 548 g/mol. The number of hydrogen-bond acceptors (Lipinski definition) is 7. The Morgan fingerprint density at radius 2 is 1.79 bits per heavy atom. The number of nitrogens with zero attached hydrogens (tertiary/aromatic N) is 3. The number of anilines is 1. The summed E-state index contributed by atoms with van der Waals surface area (Å²) in [6, 6.07) is 16.0. The van der Waals surface area contributed by atoms with Crippen molar-refractivity contribution in [2.75, 3.05) is 11.1 Å². The zero-order valence-corrected chi connectivity index (χ0v) is 24.9. The SMILES string of the molecule is CCCCSc1nc2n(n1)C(c1ccc(OCc3ccc(C(C)(C)C)cc3)cc1)C(C(=O)OC(C)C)=C(C)N2. The second-order valence-corrected chi connectivity index (χ2v) is 12.3. The van der Waals surface area contributed by atoms with E-state index in [1.807, 2.05) is 45.0 Å². The lowest BCUT2D eigenvalue weighted by Gasteiger charge is -2.28. The maximum absolute atomic E-state index is 13.2. The van der Waals surface area contributed by atoms with Crippen LogP contribution in [0.15, 0.2) is 65.0 Å². The molecule has 3 aromatic rings. The van der Waals surface area contributed by atoms with Gasteiger partial charge in [0.1, 0.15) is 18.4 Å². The summed E-state index contributed by atoms with van der Waals surface area (Å²) >= 11 is 1.63. The van der Waals surface area contributed by atoms with E-state index in [1.165, 1.54) is 5.56 Å². The van der Waals surface area contributed by atoms with Crippen LogP contribution in [0.2, 0.25) is 0 Å². The van der Waals surface area contributed by atoms with Crippen molar-refractivity contribution in [3.63, 3.8) is 0 Å². The highest BCUT2D eigenvalue weighted by molar-refractivity contribution is 7.99. The van der Waals surface area contributed by atoms with Gasteiger partial charge in [0.05, 0.1) is 11.7 Å². The molecule has 0 bridgehead atoms. The van der Waals surface area contributed by atoms with Gasteiger partial charge in [-0.15, -0.1) is 5.10 Å². The van der Waals surface area contributed by atoms with Crippen molar-refractivity contribution in [2.45, 2.75) is 90.6 Å². The summed E-state index contributed by atoms with van der Waals surface area (Å²) in [7, 11) is 0. The molecule has 0 radical (unpaired) electrons. The maximum atomic E-state index is 13.2. The summed E-state index contributed by atoms with van der Waals surface area (Å²) in [4.78, 5) is 17.9. The molecule has 1 aliphatic heterocycles. The van der Waals surface area contributed by atoms with Gasteiger partial charge < -0.3 is 14.8 Å². The van der Waals surface area contributed by atoms with Gasteiger partial charge in [0, 0.05) is 11.4 Å². The number of esters is 1. The van der Waals surface area contributed by atoms with Crippen LogP contribution in [-0.2, 0) is 21.6 Å². The Labute approximate surface area is 236 Å². The number of benzene rings is 2. The molecule has 0 amide bonds. The summed E-state index contributed by atoms with van der Waals surface area (Å²) in [6.07, 6.45) is 1.98. The van der Waals surface area contributed by atoms with Gasteiger partial charge >= 0.3 is 5.97 Å². The van der Waals surface area contributed by atoms with Crippen molar-refractivity contribution in [3.05, 3.63) is 76.5 Å². The second kappa shape index (κ2) is 12.3. The van der Waals surface area contributed by atoms with Gasteiger partial charge in [-0.3, -0.25) is 0 Å². The fourth-order valence-electron chi connectivity index (χ4n) is 4.36. The first-order chi connectivity index (χ1) is 18.6. The Morgan fingerprint density at radius 1 is 1.10 bits per heavy atom. The number of fused-ring (bicyclic) bond motifs is 1. The van der Waals surface area contributed by atoms with Crippen LogP contribution in [0.1, 0.15) is 84.0 Å². The van der Waals surface area contributed by atoms with Crippen LogP contribution in [0, 0.1) is 0 Å². The highest BCUT2D eigenvalue weighted by atomic mass is 32.2. The number of hydrogen-bond donors (Lipinski definition) is 1. The molecule has 0 aliphatic carbocycles. The topological polar surface area (TPSA) is 78.3 Å². The smallest absolute Gasteiger partial charge is 0.338 e. The van der Waals surface area contributed by atoms with Gasteiger partial charge in [0.25, 0.3) is 0 Å². The molecule has 1 N–H and O–H groups in total. The minimum atomic E-state index is -0.459. The van der Waals surface area contributed by atoms with E-state index in [2.05, 4.69) is 57.3 Å². The second-order valence-electron chi connectivity index (χ2n) is 11.2. The molecule has 0 saturated carbocycles. The van der Waals surface area contributed by atoms with E-state index in [0.717, 1.165) is 41.2 Å². The number of aromatic nitrogens is 3. The van der Waals surface area contributed by atoms with Crippen LogP contribution in [-0.4, -0.2) is 32.6 Å². The minimum absolute atomic E-state index is 0.121. The van der Waals surface area contributed by atoms with Gasteiger partial charge in [-0.05, 0) is 61.4 Å². The summed E-state index contributed by atoms with van der Waals surface area (Å²) < 4.78 is 13.5.